The highest BCUT2D eigenvalue weighted by atomic mass is 19.1. The maximum absolute atomic E-state index is 13.9. The number of hydrogen-bond acceptors (Lipinski definition) is 4. The minimum absolute atomic E-state index is 0.0955. The second kappa shape index (κ2) is 10.5. The molecule has 1 saturated heterocycles. The standard InChI is InChI=1S/C26H30F2N4O3/c1-16-4-2-5-17(12-16)25(34)31-10-3-11-32(26(35)18-13-19(27)15-20(28)14-18)24(31)23(33)30-22-8-6-21(29)7-9-22/h2,4-5,12-15,21-22,24H,3,6-11,29H2,1H3,(H,30,33). The minimum atomic E-state index is -1.24. The van der Waals surface area contributed by atoms with Crippen molar-refractivity contribution in [2.24, 2.45) is 5.73 Å². The molecule has 35 heavy (non-hydrogen) atoms. The van der Waals surface area contributed by atoms with Crippen LogP contribution < -0.4 is 11.1 Å². The van der Waals surface area contributed by atoms with E-state index in [0.717, 1.165) is 30.5 Å². The van der Waals surface area contributed by atoms with E-state index in [1.165, 1.54) is 9.80 Å². The first-order valence-electron chi connectivity index (χ1n) is 11.9. The second-order valence-corrected chi connectivity index (χ2v) is 9.37. The van der Waals surface area contributed by atoms with Crippen LogP contribution in [-0.2, 0) is 4.79 Å². The summed E-state index contributed by atoms with van der Waals surface area (Å²) in [6.07, 6.45) is 2.12. The van der Waals surface area contributed by atoms with Crippen LogP contribution in [0.5, 0.6) is 0 Å². The quantitative estimate of drug-likeness (QED) is 0.698. The number of aryl methyl sites for hydroxylation is 1. The van der Waals surface area contributed by atoms with E-state index in [9.17, 15) is 23.2 Å². The average molecular weight is 485 g/mol. The Bertz CT molecular complexity index is 1100. The van der Waals surface area contributed by atoms with Gasteiger partial charge in [-0.1, -0.05) is 17.7 Å². The Kier molecular flexibility index (Phi) is 7.45. The Labute approximate surface area is 203 Å². The van der Waals surface area contributed by atoms with Crippen molar-refractivity contribution in [3.05, 3.63) is 70.8 Å². The van der Waals surface area contributed by atoms with E-state index in [1.807, 2.05) is 13.0 Å². The molecule has 1 aliphatic carbocycles. The number of halogens is 2. The van der Waals surface area contributed by atoms with Crippen molar-refractivity contribution >= 4 is 17.7 Å². The molecule has 0 radical (unpaired) electrons. The van der Waals surface area contributed by atoms with Crippen LogP contribution in [0.4, 0.5) is 8.78 Å². The molecular weight excluding hydrogens is 454 g/mol. The lowest BCUT2D eigenvalue weighted by atomic mass is 9.91. The van der Waals surface area contributed by atoms with E-state index in [1.54, 1.807) is 18.2 Å². The number of nitrogens with two attached hydrogens (primary N) is 1. The highest BCUT2D eigenvalue weighted by Gasteiger charge is 2.41. The molecule has 1 atom stereocenters. The fraction of sp³-hybridized carbons (Fsp3) is 0.423. The molecule has 0 spiro atoms. The van der Waals surface area contributed by atoms with E-state index >= 15 is 0 Å². The molecule has 1 heterocycles. The Balaban J connectivity index is 1.66. The molecule has 0 bridgehead atoms. The highest BCUT2D eigenvalue weighted by Crippen LogP contribution is 2.24. The number of hydrogen-bond donors (Lipinski definition) is 2. The third-order valence-corrected chi connectivity index (χ3v) is 6.64. The van der Waals surface area contributed by atoms with Gasteiger partial charge in [-0.15, -0.1) is 0 Å². The summed E-state index contributed by atoms with van der Waals surface area (Å²) in [7, 11) is 0. The summed E-state index contributed by atoms with van der Waals surface area (Å²) >= 11 is 0. The second-order valence-electron chi connectivity index (χ2n) is 9.37. The number of rotatable bonds is 4. The van der Waals surface area contributed by atoms with Crippen molar-refractivity contribution in [2.45, 2.75) is 57.3 Å². The smallest absolute Gasteiger partial charge is 0.264 e. The van der Waals surface area contributed by atoms with Gasteiger partial charge in [-0.2, -0.15) is 0 Å². The van der Waals surface area contributed by atoms with Crippen molar-refractivity contribution in [1.82, 2.24) is 15.1 Å². The van der Waals surface area contributed by atoms with Gasteiger partial charge in [0.05, 0.1) is 0 Å². The Morgan fingerprint density at radius 1 is 0.886 bits per heavy atom. The Hall–Kier alpha value is -3.33. The molecule has 2 aromatic rings. The maximum atomic E-state index is 13.9. The molecule has 186 valence electrons. The SMILES string of the molecule is Cc1cccc(C(=O)N2CCCN(C(=O)c3cc(F)cc(F)c3)C2C(=O)NC2CCC(N)CC2)c1. The van der Waals surface area contributed by atoms with Gasteiger partial charge >= 0.3 is 0 Å². The first-order chi connectivity index (χ1) is 16.7. The molecule has 1 saturated carbocycles. The molecule has 2 aromatic carbocycles. The van der Waals surface area contributed by atoms with E-state index in [2.05, 4.69) is 5.32 Å². The molecular formula is C26H30F2N4O3. The molecule has 0 aromatic heterocycles. The van der Waals surface area contributed by atoms with Crippen molar-refractivity contribution in [1.29, 1.82) is 0 Å². The largest absolute Gasteiger partial charge is 0.350 e. The van der Waals surface area contributed by atoms with Gasteiger partial charge in [-0.05, 0) is 63.3 Å². The summed E-state index contributed by atoms with van der Waals surface area (Å²) in [4.78, 5) is 43.0. The molecule has 7 nitrogen and oxygen atoms in total. The molecule has 1 unspecified atom stereocenters. The van der Waals surface area contributed by atoms with E-state index in [-0.39, 0.29) is 36.6 Å². The van der Waals surface area contributed by atoms with Crippen LogP contribution in [0.15, 0.2) is 42.5 Å². The van der Waals surface area contributed by atoms with E-state index in [0.29, 0.717) is 30.9 Å². The topological polar surface area (TPSA) is 95.7 Å². The summed E-state index contributed by atoms with van der Waals surface area (Å²) in [6.45, 7) is 2.29. The molecule has 2 fully saturated rings. The summed E-state index contributed by atoms with van der Waals surface area (Å²) in [5.74, 6) is -3.37. The summed E-state index contributed by atoms with van der Waals surface area (Å²) < 4.78 is 27.7. The van der Waals surface area contributed by atoms with Crippen molar-refractivity contribution in [2.75, 3.05) is 13.1 Å². The van der Waals surface area contributed by atoms with Gasteiger partial charge in [0.25, 0.3) is 17.7 Å². The van der Waals surface area contributed by atoms with Gasteiger partial charge < -0.3 is 20.9 Å². The van der Waals surface area contributed by atoms with Gasteiger partial charge in [-0.3, -0.25) is 14.4 Å². The van der Waals surface area contributed by atoms with Crippen molar-refractivity contribution < 1.29 is 23.2 Å². The fourth-order valence-corrected chi connectivity index (χ4v) is 4.86. The number of nitrogens with zero attached hydrogens (tertiary/aromatic N) is 2. The normalized spacial score (nSPS) is 22.6. The van der Waals surface area contributed by atoms with Crippen molar-refractivity contribution in [3.8, 4) is 0 Å². The first-order valence-corrected chi connectivity index (χ1v) is 11.9. The number of benzene rings is 2. The van der Waals surface area contributed by atoms with Crippen LogP contribution >= 0.6 is 0 Å². The predicted molar refractivity (Wildman–Crippen MR) is 126 cm³/mol. The van der Waals surface area contributed by atoms with Crippen LogP contribution in [-0.4, -0.2) is 58.9 Å². The summed E-state index contributed by atoms with van der Waals surface area (Å²) in [5, 5.41) is 2.99. The van der Waals surface area contributed by atoms with E-state index < -0.39 is 29.6 Å². The lowest BCUT2D eigenvalue weighted by Crippen LogP contribution is -2.64. The van der Waals surface area contributed by atoms with Crippen LogP contribution in [0.3, 0.4) is 0 Å². The molecule has 3 amide bonds. The van der Waals surface area contributed by atoms with Crippen LogP contribution in [0.25, 0.3) is 0 Å². The summed E-state index contributed by atoms with van der Waals surface area (Å²) in [6, 6.07) is 9.53. The predicted octanol–water partition coefficient (Wildman–Crippen LogP) is 2.97. The molecule has 2 aliphatic rings. The van der Waals surface area contributed by atoms with Gasteiger partial charge in [0.2, 0.25) is 0 Å². The molecule has 9 heteroatoms. The monoisotopic (exact) mass is 484 g/mol. The third kappa shape index (κ3) is 5.67. The summed E-state index contributed by atoms with van der Waals surface area (Å²) in [5.41, 5.74) is 7.05. The lowest BCUT2D eigenvalue weighted by Gasteiger charge is -2.43. The van der Waals surface area contributed by atoms with Gasteiger partial charge in [0.15, 0.2) is 6.17 Å². The van der Waals surface area contributed by atoms with Gasteiger partial charge in [0, 0.05) is 42.4 Å². The first kappa shape index (κ1) is 24.8. The van der Waals surface area contributed by atoms with Gasteiger partial charge in [-0.25, -0.2) is 8.78 Å². The number of nitrogens with one attached hydrogen (secondary N) is 1. The molecule has 4 rings (SSSR count). The van der Waals surface area contributed by atoms with E-state index in [4.69, 9.17) is 5.73 Å². The van der Waals surface area contributed by atoms with Crippen LogP contribution in [0.1, 0.15) is 58.4 Å². The highest BCUT2D eigenvalue weighted by molar-refractivity contribution is 6.01. The lowest BCUT2D eigenvalue weighted by molar-refractivity contribution is -0.133. The zero-order valence-electron chi connectivity index (χ0n) is 19.7. The number of carbonyl (C=O) groups excluding carboxylic acids is 3. The number of carbonyl (C=O) groups is 3. The average Bonchev–Trinajstić information content (AvgIpc) is 2.83. The maximum Gasteiger partial charge on any atom is 0.264 e. The number of amides is 3. The Morgan fingerprint density at radius 2 is 1.49 bits per heavy atom. The van der Waals surface area contributed by atoms with Crippen molar-refractivity contribution in [3.63, 3.8) is 0 Å². The third-order valence-electron chi connectivity index (χ3n) is 6.64. The van der Waals surface area contributed by atoms with Crippen LogP contribution in [0, 0.1) is 18.6 Å². The minimum Gasteiger partial charge on any atom is -0.350 e. The fourth-order valence-electron chi connectivity index (χ4n) is 4.86. The Morgan fingerprint density at radius 3 is 2.09 bits per heavy atom. The van der Waals surface area contributed by atoms with Gasteiger partial charge in [0.1, 0.15) is 11.6 Å². The molecule has 1 aliphatic heterocycles. The molecule has 3 N–H and O–H groups in total. The van der Waals surface area contributed by atoms with Crippen LogP contribution in [0.2, 0.25) is 0 Å². The zero-order valence-corrected chi connectivity index (χ0v) is 19.7. The zero-order chi connectivity index (χ0) is 25.1.